The molecule has 0 unspecified atom stereocenters. The molecule has 0 atom stereocenters. The minimum absolute atomic E-state index is 0.0641. The molecule has 122 valence electrons. The minimum atomic E-state index is -3.81. The lowest BCUT2D eigenvalue weighted by Crippen LogP contribution is -2.21. The quantitative estimate of drug-likeness (QED) is 0.873. The summed E-state index contributed by atoms with van der Waals surface area (Å²) >= 11 is 0. The highest BCUT2D eigenvalue weighted by molar-refractivity contribution is 7.89. The number of nitrogens with two attached hydrogens (primary N) is 1. The number of carbonyl (C=O) groups excluding carboxylic acids is 1. The molecule has 0 aliphatic carbocycles. The molecule has 2 rings (SSSR count). The first-order valence-electron chi connectivity index (χ1n) is 6.88. The van der Waals surface area contributed by atoms with E-state index in [9.17, 15) is 13.2 Å². The first-order valence-corrected chi connectivity index (χ1v) is 8.43. The van der Waals surface area contributed by atoms with E-state index in [1.54, 1.807) is 6.07 Å². The summed E-state index contributed by atoms with van der Waals surface area (Å²) in [5, 5.41) is 7.63. The predicted octanol–water partition coefficient (Wildman–Crippen LogP) is 1.97. The molecule has 1 amide bonds. The van der Waals surface area contributed by atoms with E-state index in [-0.39, 0.29) is 11.5 Å². The van der Waals surface area contributed by atoms with Crippen LogP contribution in [0.3, 0.4) is 0 Å². The van der Waals surface area contributed by atoms with Crippen LogP contribution in [-0.2, 0) is 14.8 Å². The van der Waals surface area contributed by atoms with Crippen LogP contribution in [-0.4, -0.2) is 20.9 Å². The Balaban J connectivity index is 2.01. The van der Waals surface area contributed by atoms with Crippen LogP contribution in [0.5, 0.6) is 5.75 Å². The van der Waals surface area contributed by atoms with Gasteiger partial charge in [0.25, 0.3) is 5.91 Å². The van der Waals surface area contributed by atoms with Crippen molar-refractivity contribution in [1.82, 2.24) is 0 Å². The van der Waals surface area contributed by atoms with Crippen LogP contribution in [0.4, 0.5) is 5.69 Å². The molecule has 0 heterocycles. The molecule has 0 aliphatic heterocycles. The molecular weight excluding hydrogens is 316 g/mol. The van der Waals surface area contributed by atoms with Crippen molar-refractivity contribution in [3.63, 3.8) is 0 Å². The number of hydrogen-bond donors (Lipinski definition) is 2. The predicted molar refractivity (Wildman–Crippen MR) is 87.9 cm³/mol. The smallest absolute Gasteiger partial charge is 0.262 e. The van der Waals surface area contributed by atoms with Crippen molar-refractivity contribution in [2.24, 2.45) is 5.14 Å². The summed E-state index contributed by atoms with van der Waals surface area (Å²) in [5.41, 5.74) is 2.30. The van der Waals surface area contributed by atoms with Gasteiger partial charge in [-0.25, -0.2) is 13.6 Å². The van der Waals surface area contributed by atoms with E-state index in [2.05, 4.69) is 5.32 Å². The number of rotatable bonds is 5. The second kappa shape index (κ2) is 6.80. The Kier molecular flexibility index (Phi) is 5.02. The lowest BCUT2D eigenvalue weighted by molar-refractivity contribution is -0.118. The average molecular weight is 334 g/mol. The zero-order valence-electron chi connectivity index (χ0n) is 12.9. The van der Waals surface area contributed by atoms with Crippen LogP contribution in [0.2, 0.25) is 0 Å². The maximum absolute atomic E-state index is 11.9. The third-order valence-corrected chi connectivity index (χ3v) is 4.06. The fourth-order valence-corrected chi connectivity index (χ4v) is 2.51. The maximum atomic E-state index is 11.9. The van der Waals surface area contributed by atoms with Gasteiger partial charge in [0.15, 0.2) is 6.61 Å². The Hall–Kier alpha value is -2.38. The number of ether oxygens (including phenoxy) is 1. The number of benzene rings is 2. The Morgan fingerprint density at radius 2 is 1.91 bits per heavy atom. The van der Waals surface area contributed by atoms with Crippen molar-refractivity contribution in [3.05, 3.63) is 53.6 Å². The van der Waals surface area contributed by atoms with Gasteiger partial charge in [-0.15, -0.1) is 0 Å². The second-order valence-electron chi connectivity index (χ2n) is 5.18. The molecule has 0 bridgehead atoms. The molecular formula is C16H18N2O4S. The van der Waals surface area contributed by atoms with Gasteiger partial charge in [0.2, 0.25) is 10.0 Å². The summed E-state index contributed by atoms with van der Waals surface area (Å²) in [6.45, 7) is 3.65. The molecule has 0 aliphatic rings. The lowest BCUT2D eigenvalue weighted by atomic mass is 10.1. The van der Waals surface area contributed by atoms with Crippen LogP contribution in [0, 0.1) is 13.8 Å². The van der Waals surface area contributed by atoms with Gasteiger partial charge in [0.1, 0.15) is 5.75 Å². The zero-order valence-corrected chi connectivity index (χ0v) is 13.7. The summed E-state index contributed by atoms with van der Waals surface area (Å²) in [6, 6.07) is 11.5. The van der Waals surface area contributed by atoms with E-state index in [0.29, 0.717) is 11.4 Å². The number of aryl methyl sites for hydroxylation is 2. The molecule has 0 saturated carbocycles. The Morgan fingerprint density at radius 3 is 2.61 bits per heavy atom. The normalized spacial score (nSPS) is 11.1. The Bertz CT molecular complexity index is 832. The molecule has 0 radical (unpaired) electrons. The molecule has 0 fully saturated rings. The Labute approximate surface area is 135 Å². The van der Waals surface area contributed by atoms with Crippen molar-refractivity contribution >= 4 is 21.6 Å². The van der Waals surface area contributed by atoms with Crippen LogP contribution >= 0.6 is 0 Å². The first kappa shape index (κ1) is 17.0. The topological polar surface area (TPSA) is 98.5 Å². The number of hydrogen-bond acceptors (Lipinski definition) is 4. The minimum Gasteiger partial charge on any atom is -0.483 e. The Morgan fingerprint density at radius 1 is 1.17 bits per heavy atom. The molecule has 2 aromatic carbocycles. The van der Waals surface area contributed by atoms with Gasteiger partial charge in [0, 0.05) is 5.69 Å². The third-order valence-electron chi connectivity index (χ3n) is 3.15. The first-order chi connectivity index (χ1) is 10.8. The van der Waals surface area contributed by atoms with Gasteiger partial charge in [-0.1, -0.05) is 18.2 Å². The van der Waals surface area contributed by atoms with E-state index in [1.807, 2.05) is 32.0 Å². The fourth-order valence-electron chi connectivity index (χ4n) is 1.95. The highest BCUT2D eigenvalue weighted by Gasteiger charge is 2.10. The van der Waals surface area contributed by atoms with Gasteiger partial charge >= 0.3 is 0 Å². The number of carbonyl (C=O) groups is 1. The second-order valence-corrected chi connectivity index (χ2v) is 6.74. The van der Waals surface area contributed by atoms with Gasteiger partial charge in [-0.2, -0.15) is 0 Å². The SMILES string of the molecule is Cc1ccc(C)c(OCC(=O)Nc2cccc(S(N)(=O)=O)c2)c1. The van der Waals surface area contributed by atoms with E-state index in [4.69, 9.17) is 9.88 Å². The van der Waals surface area contributed by atoms with Crippen LogP contribution in [0.1, 0.15) is 11.1 Å². The van der Waals surface area contributed by atoms with Crippen molar-refractivity contribution < 1.29 is 17.9 Å². The number of nitrogens with one attached hydrogen (secondary N) is 1. The van der Waals surface area contributed by atoms with Gasteiger partial charge in [-0.3, -0.25) is 4.79 Å². The number of anilines is 1. The van der Waals surface area contributed by atoms with Gasteiger partial charge in [0.05, 0.1) is 4.90 Å². The molecule has 7 heteroatoms. The lowest BCUT2D eigenvalue weighted by Gasteiger charge is -2.10. The average Bonchev–Trinajstić information content (AvgIpc) is 2.47. The van der Waals surface area contributed by atoms with Crippen molar-refractivity contribution in [2.45, 2.75) is 18.7 Å². The van der Waals surface area contributed by atoms with E-state index < -0.39 is 15.9 Å². The zero-order chi connectivity index (χ0) is 17.0. The van der Waals surface area contributed by atoms with E-state index >= 15 is 0 Å². The molecule has 23 heavy (non-hydrogen) atoms. The van der Waals surface area contributed by atoms with Crippen molar-refractivity contribution in [2.75, 3.05) is 11.9 Å². The fraction of sp³-hybridized carbons (Fsp3) is 0.188. The molecule has 2 aromatic rings. The van der Waals surface area contributed by atoms with E-state index in [0.717, 1.165) is 11.1 Å². The summed E-state index contributed by atoms with van der Waals surface area (Å²) < 4.78 is 28.1. The van der Waals surface area contributed by atoms with Crippen LogP contribution in [0.25, 0.3) is 0 Å². The largest absolute Gasteiger partial charge is 0.483 e. The molecule has 6 nitrogen and oxygen atoms in total. The summed E-state index contributed by atoms with van der Waals surface area (Å²) in [7, 11) is -3.81. The standard InChI is InChI=1S/C16H18N2O4S/c1-11-6-7-12(2)15(8-11)22-10-16(19)18-13-4-3-5-14(9-13)23(17,20)21/h3-9H,10H2,1-2H3,(H,18,19)(H2,17,20,21). The van der Waals surface area contributed by atoms with Crippen LogP contribution < -0.4 is 15.2 Å². The monoisotopic (exact) mass is 334 g/mol. The van der Waals surface area contributed by atoms with Gasteiger partial charge in [-0.05, 0) is 49.2 Å². The third kappa shape index (κ3) is 4.80. The molecule has 0 aromatic heterocycles. The van der Waals surface area contributed by atoms with Crippen molar-refractivity contribution in [1.29, 1.82) is 0 Å². The highest BCUT2D eigenvalue weighted by atomic mass is 32.2. The number of amides is 1. The summed E-state index contributed by atoms with van der Waals surface area (Å²) in [4.78, 5) is 11.9. The summed E-state index contributed by atoms with van der Waals surface area (Å²) in [6.07, 6.45) is 0. The van der Waals surface area contributed by atoms with E-state index in [1.165, 1.54) is 18.2 Å². The number of primary sulfonamides is 1. The molecule has 3 N–H and O–H groups in total. The molecule has 0 spiro atoms. The molecule has 0 saturated heterocycles. The summed E-state index contributed by atoms with van der Waals surface area (Å²) in [5.74, 6) is 0.246. The van der Waals surface area contributed by atoms with Crippen LogP contribution in [0.15, 0.2) is 47.4 Å². The van der Waals surface area contributed by atoms with Crippen molar-refractivity contribution in [3.8, 4) is 5.75 Å². The van der Waals surface area contributed by atoms with Gasteiger partial charge < -0.3 is 10.1 Å². The highest BCUT2D eigenvalue weighted by Crippen LogP contribution is 2.19. The number of sulfonamides is 1. The maximum Gasteiger partial charge on any atom is 0.262 e.